The standard InChI is InChI=1S/C11H17NO2/c1-11(8-14-9-11)5-4-10(13)12-6-2-3-7-12/h4-5H,2-3,6-9H2,1H3/b5-4+. The Morgan fingerprint density at radius 1 is 1.36 bits per heavy atom. The predicted molar refractivity (Wildman–Crippen MR) is 53.9 cm³/mol. The predicted octanol–water partition coefficient (Wildman–Crippen LogP) is 1.20. The third kappa shape index (κ3) is 1.98. The lowest BCUT2D eigenvalue weighted by atomic mass is 9.88. The van der Waals surface area contributed by atoms with E-state index in [-0.39, 0.29) is 11.3 Å². The van der Waals surface area contributed by atoms with Gasteiger partial charge >= 0.3 is 0 Å². The number of ether oxygens (including phenoxy) is 1. The van der Waals surface area contributed by atoms with Gasteiger partial charge in [0.1, 0.15) is 0 Å². The molecule has 1 amide bonds. The van der Waals surface area contributed by atoms with E-state index in [1.807, 2.05) is 11.0 Å². The largest absolute Gasteiger partial charge is 0.379 e. The van der Waals surface area contributed by atoms with Gasteiger partial charge in [-0.1, -0.05) is 13.0 Å². The highest BCUT2D eigenvalue weighted by molar-refractivity contribution is 5.87. The summed E-state index contributed by atoms with van der Waals surface area (Å²) in [4.78, 5) is 13.5. The van der Waals surface area contributed by atoms with Gasteiger partial charge in [-0.3, -0.25) is 4.79 Å². The highest BCUT2D eigenvalue weighted by Crippen LogP contribution is 2.27. The maximum Gasteiger partial charge on any atom is 0.246 e. The highest BCUT2D eigenvalue weighted by atomic mass is 16.5. The molecule has 3 heteroatoms. The molecule has 0 saturated carbocycles. The number of hydrogen-bond acceptors (Lipinski definition) is 2. The summed E-state index contributed by atoms with van der Waals surface area (Å²) in [6.45, 7) is 5.46. The van der Waals surface area contributed by atoms with E-state index >= 15 is 0 Å². The van der Waals surface area contributed by atoms with Crippen molar-refractivity contribution in [2.75, 3.05) is 26.3 Å². The molecule has 0 radical (unpaired) electrons. The molecular weight excluding hydrogens is 178 g/mol. The Morgan fingerprint density at radius 2 is 2.00 bits per heavy atom. The number of likely N-dealkylation sites (tertiary alicyclic amines) is 1. The summed E-state index contributed by atoms with van der Waals surface area (Å²) in [5, 5.41) is 0. The SMILES string of the molecule is CC1(/C=C/C(=O)N2CCCC2)COC1. The summed E-state index contributed by atoms with van der Waals surface area (Å²) in [5.41, 5.74) is 0.107. The Morgan fingerprint density at radius 3 is 2.50 bits per heavy atom. The zero-order valence-electron chi connectivity index (χ0n) is 8.66. The van der Waals surface area contributed by atoms with Gasteiger partial charge < -0.3 is 9.64 Å². The third-order valence-corrected chi connectivity index (χ3v) is 2.91. The molecule has 0 N–H and O–H groups in total. The van der Waals surface area contributed by atoms with Crippen molar-refractivity contribution in [3.63, 3.8) is 0 Å². The summed E-state index contributed by atoms with van der Waals surface area (Å²) in [7, 11) is 0. The zero-order chi connectivity index (χ0) is 10.0. The molecule has 0 aromatic carbocycles. The van der Waals surface area contributed by atoms with Crippen LogP contribution in [0.25, 0.3) is 0 Å². The van der Waals surface area contributed by atoms with E-state index in [1.165, 1.54) is 0 Å². The second-order valence-corrected chi connectivity index (χ2v) is 4.51. The molecule has 14 heavy (non-hydrogen) atoms. The van der Waals surface area contributed by atoms with Crippen LogP contribution in [0.2, 0.25) is 0 Å². The van der Waals surface area contributed by atoms with Gasteiger partial charge in [-0.05, 0) is 18.9 Å². The van der Waals surface area contributed by atoms with Gasteiger partial charge in [-0.15, -0.1) is 0 Å². The average molecular weight is 195 g/mol. The van der Waals surface area contributed by atoms with Crippen LogP contribution >= 0.6 is 0 Å². The van der Waals surface area contributed by atoms with E-state index in [0.717, 1.165) is 39.1 Å². The van der Waals surface area contributed by atoms with E-state index < -0.39 is 0 Å². The number of nitrogens with zero attached hydrogens (tertiary/aromatic N) is 1. The first-order chi connectivity index (χ1) is 6.70. The van der Waals surface area contributed by atoms with Crippen LogP contribution in [-0.2, 0) is 9.53 Å². The monoisotopic (exact) mass is 195 g/mol. The van der Waals surface area contributed by atoms with Gasteiger partial charge in [0.25, 0.3) is 0 Å². The van der Waals surface area contributed by atoms with Crippen LogP contribution < -0.4 is 0 Å². The Balaban J connectivity index is 1.86. The lowest BCUT2D eigenvalue weighted by Crippen LogP contribution is -2.38. The molecule has 2 aliphatic rings. The van der Waals surface area contributed by atoms with Crippen molar-refractivity contribution in [3.8, 4) is 0 Å². The minimum Gasteiger partial charge on any atom is -0.379 e. The molecule has 2 heterocycles. The van der Waals surface area contributed by atoms with Crippen molar-refractivity contribution < 1.29 is 9.53 Å². The number of rotatable bonds is 2. The van der Waals surface area contributed by atoms with Gasteiger partial charge in [0.2, 0.25) is 5.91 Å². The summed E-state index contributed by atoms with van der Waals surface area (Å²) in [6.07, 6.45) is 6.02. The maximum absolute atomic E-state index is 11.6. The molecular formula is C11H17NO2. The smallest absolute Gasteiger partial charge is 0.246 e. The molecule has 2 saturated heterocycles. The van der Waals surface area contributed by atoms with Crippen LogP contribution in [0, 0.1) is 5.41 Å². The molecule has 3 nitrogen and oxygen atoms in total. The summed E-state index contributed by atoms with van der Waals surface area (Å²) in [6, 6.07) is 0. The Kier molecular flexibility index (Phi) is 2.59. The van der Waals surface area contributed by atoms with Crippen LogP contribution in [-0.4, -0.2) is 37.1 Å². The van der Waals surface area contributed by atoms with Crippen molar-refractivity contribution >= 4 is 5.91 Å². The van der Waals surface area contributed by atoms with Crippen LogP contribution in [0.5, 0.6) is 0 Å². The normalized spacial score (nSPS) is 25.4. The van der Waals surface area contributed by atoms with E-state index in [2.05, 4.69) is 6.92 Å². The molecule has 0 aromatic rings. The van der Waals surface area contributed by atoms with E-state index in [4.69, 9.17) is 4.74 Å². The molecule has 78 valence electrons. The summed E-state index contributed by atoms with van der Waals surface area (Å²) < 4.78 is 5.12. The van der Waals surface area contributed by atoms with Gasteiger partial charge in [-0.25, -0.2) is 0 Å². The third-order valence-electron chi connectivity index (χ3n) is 2.91. The van der Waals surface area contributed by atoms with E-state index in [1.54, 1.807) is 6.08 Å². The van der Waals surface area contributed by atoms with Crippen molar-refractivity contribution in [1.29, 1.82) is 0 Å². The molecule has 0 atom stereocenters. The van der Waals surface area contributed by atoms with E-state index in [9.17, 15) is 4.79 Å². The first-order valence-electron chi connectivity index (χ1n) is 5.26. The van der Waals surface area contributed by atoms with Crippen molar-refractivity contribution in [2.45, 2.75) is 19.8 Å². The number of carbonyl (C=O) groups is 1. The first kappa shape index (κ1) is 9.71. The molecule has 0 aliphatic carbocycles. The molecule has 2 rings (SSSR count). The molecule has 0 aromatic heterocycles. The summed E-state index contributed by atoms with van der Waals surface area (Å²) in [5.74, 6) is 0.163. The number of hydrogen-bond donors (Lipinski definition) is 0. The zero-order valence-corrected chi connectivity index (χ0v) is 8.66. The van der Waals surface area contributed by atoms with Crippen molar-refractivity contribution in [3.05, 3.63) is 12.2 Å². The number of amides is 1. The first-order valence-corrected chi connectivity index (χ1v) is 5.26. The van der Waals surface area contributed by atoms with Crippen LogP contribution in [0.3, 0.4) is 0 Å². The fourth-order valence-electron chi connectivity index (χ4n) is 1.84. The van der Waals surface area contributed by atoms with E-state index in [0.29, 0.717) is 0 Å². The molecule has 2 fully saturated rings. The molecule has 0 unspecified atom stereocenters. The quantitative estimate of drug-likeness (QED) is 0.620. The maximum atomic E-state index is 11.6. The summed E-state index contributed by atoms with van der Waals surface area (Å²) >= 11 is 0. The lowest BCUT2D eigenvalue weighted by Gasteiger charge is -2.35. The van der Waals surface area contributed by atoms with Crippen molar-refractivity contribution in [2.24, 2.45) is 5.41 Å². The van der Waals surface area contributed by atoms with Crippen LogP contribution in [0.4, 0.5) is 0 Å². The average Bonchev–Trinajstić information content (AvgIpc) is 2.63. The van der Waals surface area contributed by atoms with Crippen molar-refractivity contribution in [1.82, 2.24) is 4.90 Å². The van der Waals surface area contributed by atoms with Gasteiger partial charge in [0.15, 0.2) is 0 Å². The van der Waals surface area contributed by atoms with Gasteiger partial charge in [-0.2, -0.15) is 0 Å². The lowest BCUT2D eigenvalue weighted by molar-refractivity contribution is -0.125. The minimum absolute atomic E-state index is 0.107. The molecule has 0 bridgehead atoms. The second kappa shape index (κ2) is 3.73. The highest BCUT2D eigenvalue weighted by Gasteiger charge is 2.30. The topological polar surface area (TPSA) is 29.5 Å². The van der Waals surface area contributed by atoms with Crippen LogP contribution in [0.15, 0.2) is 12.2 Å². The van der Waals surface area contributed by atoms with Gasteiger partial charge in [0.05, 0.1) is 13.2 Å². The Labute approximate surface area is 84.7 Å². The van der Waals surface area contributed by atoms with Crippen LogP contribution in [0.1, 0.15) is 19.8 Å². The minimum atomic E-state index is 0.107. The Bertz CT molecular complexity index is 250. The molecule has 0 spiro atoms. The fourth-order valence-corrected chi connectivity index (χ4v) is 1.84. The fraction of sp³-hybridized carbons (Fsp3) is 0.727. The van der Waals surface area contributed by atoms with Gasteiger partial charge in [0, 0.05) is 18.5 Å². The second-order valence-electron chi connectivity index (χ2n) is 4.51. The Hall–Kier alpha value is -0.830. The molecule has 2 aliphatic heterocycles. The number of carbonyl (C=O) groups excluding carboxylic acids is 1.